The highest BCUT2D eigenvalue weighted by atomic mass is 16.5. The van der Waals surface area contributed by atoms with E-state index in [-0.39, 0.29) is 18.1 Å². The number of amides is 1. The second-order valence-electron chi connectivity index (χ2n) is 6.35. The lowest BCUT2D eigenvalue weighted by molar-refractivity contribution is -0.127. The van der Waals surface area contributed by atoms with Gasteiger partial charge in [-0.05, 0) is 51.7 Å². The zero-order chi connectivity index (χ0) is 15.5. The van der Waals surface area contributed by atoms with Gasteiger partial charge in [-0.1, -0.05) is 18.2 Å². The lowest BCUT2D eigenvalue weighted by Gasteiger charge is -2.40. The van der Waals surface area contributed by atoms with Crippen LogP contribution in [0.5, 0.6) is 5.75 Å². The van der Waals surface area contributed by atoms with E-state index in [1.165, 1.54) is 0 Å². The number of nitrogens with one attached hydrogen (secondary N) is 1. The van der Waals surface area contributed by atoms with Crippen molar-refractivity contribution >= 4 is 5.91 Å². The summed E-state index contributed by atoms with van der Waals surface area (Å²) in [5.41, 5.74) is 6.16. The van der Waals surface area contributed by atoms with E-state index in [2.05, 4.69) is 5.32 Å². The van der Waals surface area contributed by atoms with E-state index in [4.69, 9.17) is 10.5 Å². The minimum absolute atomic E-state index is 0.0265. The van der Waals surface area contributed by atoms with E-state index >= 15 is 0 Å². The molecule has 2 unspecified atom stereocenters. The van der Waals surface area contributed by atoms with Crippen molar-refractivity contribution in [2.24, 2.45) is 5.73 Å². The van der Waals surface area contributed by atoms with Gasteiger partial charge in [-0.3, -0.25) is 4.79 Å². The first-order chi connectivity index (χ1) is 9.93. The Morgan fingerprint density at radius 3 is 2.76 bits per heavy atom. The maximum absolute atomic E-state index is 12.0. The number of carbonyl (C=O) groups excluding carboxylic acids is 1. The predicted octanol–water partition coefficient (Wildman–Crippen LogP) is 2.54. The summed E-state index contributed by atoms with van der Waals surface area (Å²) in [4.78, 5) is 12.0. The molecular formula is C17H26N2O2. The van der Waals surface area contributed by atoms with Crippen molar-refractivity contribution in [3.05, 3.63) is 29.8 Å². The van der Waals surface area contributed by atoms with Crippen LogP contribution in [0.2, 0.25) is 0 Å². The highest BCUT2D eigenvalue weighted by molar-refractivity contribution is 5.85. The lowest BCUT2D eigenvalue weighted by Crippen LogP contribution is -2.61. The number of ether oxygens (including phenoxy) is 1. The van der Waals surface area contributed by atoms with Crippen molar-refractivity contribution in [2.45, 2.75) is 64.1 Å². The van der Waals surface area contributed by atoms with Crippen LogP contribution in [0, 0.1) is 6.92 Å². The molecule has 4 heteroatoms. The van der Waals surface area contributed by atoms with Crippen molar-refractivity contribution in [2.75, 3.05) is 0 Å². The van der Waals surface area contributed by atoms with Crippen LogP contribution in [0.4, 0.5) is 0 Å². The van der Waals surface area contributed by atoms with Gasteiger partial charge in [0.2, 0.25) is 5.91 Å². The summed E-state index contributed by atoms with van der Waals surface area (Å²) in [5.74, 6) is 0.626. The molecule has 2 rings (SSSR count). The molecule has 1 fully saturated rings. The first-order valence-corrected chi connectivity index (χ1v) is 7.73. The van der Waals surface area contributed by atoms with Gasteiger partial charge >= 0.3 is 0 Å². The number of primary amides is 1. The van der Waals surface area contributed by atoms with Crippen molar-refractivity contribution < 1.29 is 9.53 Å². The van der Waals surface area contributed by atoms with E-state index in [0.717, 1.165) is 30.6 Å². The van der Waals surface area contributed by atoms with Crippen LogP contribution in [-0.4, -0.2) is 23.6 Å². The number of para-hydroxylation sites is 1. The molecule has 4 nitrogen and oxygen atoms in total. The Labute approximate surface area is 127 Å². The SMILES string of the molecule is Cc1ccccc1OC1CCCC(NC(C)C)(C(N)=O)C1. The summed E-state index contributed by atoms with van der Waals surface area (Å²) in [5, 5.41) is 3.37. The first kappa shape index (κ1) is 15.8. The maximum atomic E-state index is 12.0. The fourth-order valence-corrected chi connectivity index (χ4v) is 3.17. The maximum Gasteiger partial charge on any atom is 0.237 e. The fraction of sp³-hybridized carbons (Fsp3) is 0.588. The summed E-state index contributed by atoms with van der Waals surface area (Å²) in [6, 6.07) is 8.20. The summed E-state index contributed by atoms with van der Waals surface area (Å²) in [6.07, 6.45) is 3.35. The average molecular weight is 290 g/mol. The van der Waals surface area contributed by atoms with E-state index in [0.29, 0.717) is 6.42 Å². The van der Waals surface area contributed by atoms with Gasteiger partial charge < -0.3 is 15.8 Å². The van der Waals surface area contributed by atoms with E-state index < -0.39 is 5.54 Å². The number of hydrogen-bond acceptors (Lipinski definition) is 3. The van der Waals surface area contributed by atoms with Crippen molar-refractivity contribution in [3.63, 3.8) is 0 Å². The molecule has 0 aromatic heterocycles. The quantitative estimate of drug-likeness (QED) is 0.876. The van der Waals surface area contributed by atoms with Crippen LogP contribution in [-0.2, 0) is 4.79 Å². The second-order valence-corrected chi connectivity index (χ2v) is 6.35. The van der Waals surface area contributed by atoms with Gasteiger partial charge in [0.05, 0.1) is 0 Å². The average Bonchev–Trinajstić information content (AvgIpc) is 2.41. The Hall–Kier alpha value is -1.55. The number of hydrogen-bond donors (Lipinski definition) is 2. The molecule has 1 saturated carbocycles. The zero-order valence-electron chi connectivity index (χ0n) is 13.2. The van der Waals surface area contributed by atoms with Gasteiger partial charge in [-0.25, -0.2) is 0 Å². The molecule has 0 spiro atoms. The smallest absolute Gasteiger partial charge is 0.237 e. The predicted molar refractivity (Wildman–Crippen MR) is 84.3 cm³/mol. The van der Waals surface area contributed by atoms with E-state index in [1.807, 2.05) is 45.0 Å². The molecular weight excluding hydrogens is 264 g/mol. The largest absolute Gasteiger partial charge is 0.490 e. The number of rotatable bonds is 5. The topological polar surface area (TPSA) is 64.3 Å². The third-order valence-electron chi connectivity index (χ3n) is 4.13. The van der Waals surface area contributed by atoms with Crippen LogP contribution >= 0.6 is 0 Å². The van der Waals surface area contributed by atoms with Gasteiger partial charge in [0.15, 0.2) is 0 Å². The van der Waals surface area contributed by atoms with Crippen LogP contribution in [0.15, 0.2) is 24.3 Å². The highest BCUT2D eigenvalue weighted by Gasteiger charge is 2.42. The van der Waals surface area contributed by atoms with Gasteiger partial charge in [0.1, 0.15) is 17.4 Å². The number of nitrogens with two attached hydrogens (primary N) is 1. The van der Waals surface area contributed by atoms with E-state index in [9.17, 15) is 4.79 Å². The summed E-state index contributed by atoms with van der Waals surface area (Å²) >= 11 is 0. The van der Waals surface area contributed by atoms with Gasteiger partial charge in [0.25, 0.3) is 0 Å². The molecule has 1 aromatic rings. The molecule has 0 bridgehead atoms. The number of aryl methyl sites for hydroxylation is 1. The van der Waals surface area contributed by atoms with Crippen LogP contribution < -0.4 is 15.8 Å². The molecule has 1 aliphatic rings. The molecule has 0 radical (unpaired) electrons. The van der Waals surface area contributed by atoms with Gasteiger partial charge in [-0.15, -0.1) is 0 Å². The number of benzene rings is 1. The second kappa shape index (κ2) is 6.48. The third-order valence-corrected chi connectivity index (χ3v) is 4.13. The van der Waals surface area contributed by atoms with E-state index in [1.54, 1.807) is 0 Å². The van der Waals surface area contributed by atoms with Crippen molar-refractivity contribution in [1.82, 2.24) is 5.32 Å². The summed E-state index contributed by atoms with van der Waals surface area (Å²) in [7, 11) is 0. The molecule has 0 heterocycles. The molecule has 0 aliphatic heterocycles. The Kier molecular flexibility index (Phi) is 4.88. The molecule has 21 heavy (non-hydrogen) atoms. The van der Waals surface area contributed by atoms with Crippen molar-refractivity contribution in [1.29, 1.82) is 0 Å². The van der Waals surface area contributed by atoms with Gasteiger partial charge in [0, 0.05) is 12.5 Å². The standard InChI is InChI=1S/C17H26N2O2/c1-12(2)19-17(16(18)20)10-6-8-14(11-17)21-15-9-5-4-7-13(15)3/h4-5,7,9,12,14,19H,6,8,10-11H2,1-3H3,(H2,18,20). The minimum atomic E-state index is -0.639. The molecule has 1 aliphatic carbocycles. The molecule has 3 N–H and O–H groups in total. The van der Waals surface area contributed by atoms with Gasteiger partial charge in [-0.2, -0.15) is 0 Å². The first-order valence-electron chi connectivity index (χ1n) is 7.73. The molecule has 2 atom stereocenters. The molecule has 116 valence electrons. The number of carbonyl (C=O) groups is 1. The Bertz CT molecular complexity index is 501. The van der Waals surface area contributed by atoms with Crippen LogP contribution in [0.25, 0.3) is 0 Å². The molecule has 1 aromatic carbocycles. The normalized spacial score (nSPS) is 25.8. The van der Waals surface area contributed by atoms with Crippen LogP contribution in [0.1, 0.15) is 45.1 Å². The molecule has 1 amide bonds. The molecule has 0 saturated heterocycles. The third kappa shape index (κ3) is 3.76. The summed E-state index contributed by atoms with van der Waals surface area (Å²) in [6.45, 7) is 6.11. The fourth-order valence-electron chi connectivity index (χ4n) is 3.17. The lowest BCUT2D eigenvalue weighted by atomic mass is 9.79. The minimum Gasteiger partial charge on any atom is -0.490 e. The Morgan fingerprint density at radius 2 is 2.14 bits per heavy atom. The monoisotopic (exact) mass is 290 g/mol. The van der Waals surface area contributed by atoms with Crippen LogP contribution in [0.3, 0.4) is 0 Å². The Morgan fingerprint density at radius 1 is 1.43 bits per heavy atom. The highest BCUT2D eigenvalue weighted by Crippen LogP contribution is 2.32. The van der Waals surface area contributed by atoms with Crippen molar-refractivity contribution in [3.8, 4) is 5.75 Å². The summed E-state index contributed by atoms with van der Waals surface area (Å²) < 4.78 is 6.13. The zero-order valence-corrected chi connectivity index (χ0v) is 13.2. The Balaban J connectivity index is 2.12.